The second-order valence-corrected chi connectivity index (χ2v) is 6.19. The molecule has 0 spiro atoms. The quantitative estimate of drug-likeness (QED) is 0.906. The monoisotopic (exact) mass is 342 g/mol. The predicted molar refractivity (Wildman–Crippen MR) is 92.7 cm³/mol. The van der Waals surface area contributed by atoms with Crippen molar-refractivity contribution in [2.75, 3.05) is 26.7 Å². The molecule has 1 aromatic carbocycles. The van der Waals surface area contributed by atoms with Crippen LogP contribution >= 0.6 is 0 Å². The maximum atomic E-state index is 12.3. The Hall–Kier alpha value is -2.76. The number of rotatable bonds is 5. The van der Waals surface area contributed by atoms with Gasteiger partial charge in [-0.05, 0) is 49.1 Å². The number of furan rings is 1. The first-order chi connectivity index (χ1) is 12.2. The smallest absolute Gasteiger partial charge is 0.257 e. The van der Waals surface area contributed by atoms with Crippen LogP contribution in [0.1, 0.15) is 33.6 Å². The summed E-state index contributed by atoms with van der Waals surface area (Å²) in [5.74, 6) is 1.04. The van der Waals surface area contributed by atoms with E-state index in [1.54, 1.807) is 37.4 Å². The third-order valence-electron chi connectivity index (χ3n) is 4.57. The first-order valence-electron chi connectivity index (χ1n) is 8.41. The van der Waals surface area contributed by atoms with E-state index in [2.05, 4.69) is 5.32 Å². The summed E-state index contributed by atoms with van der Waals surface area (Å²) >= 11 is 0. The molecular weight excluding hydrogens is 320 g/mol. The third kappa shape index (κ3) is 4.21. The molecule has 0 bridgehead atoms. The Morgan fingerprint density at radius 2 is 1.88 bits per heavy atom. The number of carbonyl (C=O) groups is 2. The fourth-order valence-corrected chi connectivity index (χ4v) is 2.99. The lowest BCUT2D eigenvalue weighted by molar-refractivity contribution is 0.0683. The number of hydrogen-bond acceptors (Lipinski definition) is 4. The molecule has 0 unspecified atom stereocenters. The van der Waals surface area contributed by atoms with Crippen LogP contribution in [0.5, 0.6) is 5.75 Å². The SMILES string of the molecule is COc1ccc(C(=O)NCC2CCN(C(=O)c3ccoc3)CC2)cc1. The average molecular weight is 342 g/mol. The zero-order valence-electron chi connectivity index (χ0n) is 14.2. The van der Waals surface area contributed by atoms with Crippen LogP contribution in [0.2, 0.25) is 0 Å². The molecule has 1 aromatic heterocycles. The van der Waals surface area contributed by atoms with Crippen molar-refractivity contribution in [1.82, 2.24) is 10.2 Å². The van der Waals surface area contributed by atoms with Crippen molar-refractivity contribution in [3.63, 3.8) is 0 Å². The number of nitrogens with zero attached hydrogens (tertiary/aromatic N) is 1. The molecule has 0 aliphatic carbocycles. The van der Waals surface area contributed by atoms with Crippen LogP contribution in [-0.2, 0) is 0 Å². The average Bonchev–Trinajstić information content (AvgIpc) is 3.21. The van der Waals surface area contributed by atoms with Gasteiger partial charge in [0.05, 0.1) is 18.9 Å². The van der Waals surface area contributed by atoms with Gasteiger partial charge in [0, 0.05) is 25.2 Å². The minimum absolute atomic E-state index is 0.00877. The number of benzene rings is 1. The lowest BCUT2D eigenvalue weighted by atomic mass is 9.96. The van der Waals surface area contributed by atoms with Gasteiger partial charge < -0.3 is 19.4 Å². The minimum Gasteiger partial charge on any atom is -0.497 e. The van der Waals surface area contributed by atoms with Gasteiger partial charge in [0.1, 0.15) is 12.0 Å². The molecule has 1 fully saturated rings. The highest BCUT2D eigenvalue weighted by Crippen LogP contribution is 2.19. The molecule has 2 amide bonds. The highest BCUT2D eigenvalue weighted by molar-refractivity contribution is 5.94. The zero-order chi connectivity index (χ0) is 17.6. The van der Waals surface area contributed by atoms with Crippen molar-refractivity contribution in [1.29, 1.82) is 0 Å². The first kappa shape index (κ1) is 17.1. The summed E-state index contributed by atoms with van der Waals surface area (Å²) < 4.78 is 10.1. The van der Waals surface area contributed by atoms with E-state index < -0.39 is 0 Å². The van der Waals surface area contributed by atoms with Crippen LogP contribution in [0.4, 0.5) is 0 Å². The van der Waals surface area contributed by atoms with Crippen LogP contribution < -0.4 is 10.1 Å². The fraction of sp³-hybridized carbons (Fsp3) is 0.368. The second-order valence-electron chi connectivity index (χ2n) is 6.19. The molecule has 1 saturated heterocycles. The highest BCUT2D eigenvalue weighted by atomic mass is 16.5. The Kier molecular flexibility index (Phi) is 5.38. The Morgan fingerprint density at radius 3 is 2.48 bits per heavy atom. The Morgan fingerprint density at radius 1 is 1.16 bits per heavy atom. The summed E-state index contributed by atoms with van der Waals surface area (Å²) in [6, 6.07) is 8.73. The molecule has 2 aromatic rings. The van der Waals surface area contributed by atoms with Crippen molar-refractivity contribution < 1.29 is 18.7 Å². The van der Waals surface area contributed by atoms with Crippen LogP contribution in [0.15, 0.2) is 47.3 Å². The zero-order valence-corrected chi connectivity index (χ0v) is 14.2. The van der Waals surface area contributed by atoms with E-state index in [1.165, 1.54) is 12.5 Å². The molecular formula is C19H22N2O4. The molecule has 1 aliphatic heterocycles. The Bertz CT molecular complexity index is 702. The standard InChI is InChI=1S/C19H22N2O4/c1-24-17-4-2-15(3-5-17)18(22)20-12-14-6-9-21(10-7-14)19(23)16-8-11-25-13-16/h2-5,8,11,13-14H,6-7,9-10,12H2,1H3,(H,20,22). The molecule has 2 heterocycles. The molecule has 0 radical (unpaired) electrons. The normalized spacial score (nSPS) is 15.0. The molecule has 6 nitrogen and oxygen atoms in total. The van der Waals surface area contributed by atoms with Crippen molar-refractivity contribution in [3.8, 4) is 5.75 Å². The Balaban J connectivity index is 1.44. The third-order valence-corrected chi connectivity index (χ3v) is 4.57. The van der Waals surface area contributed by atoms with Gasteiger partial charge in [-0.25, -0.2) is 0 Å². The van der Waals surface area contributed by atoms with Crippen LogP contribution in [0, 0.1) is 5.92 Å². The van der Waals surface area contributed by atoms with Crippen molar-refractivity contribution in [3.05, 3.63) is 54.0 Å². The summed E-state index contributed by atoms with van der Waals surface area (Å²) in [5.41, 5.74) is 1.21. The summed E-state index contributed by atoms with van der Waals surface area (Å²) in [6.45, 7) is 2.03. The fourth-order valence-electron chi connectivity index (χ4n) is 2.99. The number of nitrogens with one attached hydrogen (secondary N) is 1. The van der Waals surface area contributed by atoms with Gasteiger partial charge in [-0.2, -0.15) is 0 Å². The number of likely N-dealkylation sites (tertiary alicyclic amines) is 1. The second kappa shape index (κ2) is 7.88. The maximum Gasteiger partial charge on any atom is 0.257 e. The van der Waals surface area contributed by atoms with E-state index in [1.807, 2.05) is 4.90 Å². The molecule has 1 N–H and O–H groups in total. The molecule has 0 saturated carbocycles. The number of methoxy groups -OCH3 is 1. The topological polar surface area (TPSA) is 71.8 Å². The Labute approximate surface area is 146 Å². The van der Waals surface area contributed by atoms with E-state index in [9.17, 15) is 9.59 Å². The van der Waals surface area contributed by atoms with Gasteiger partial charge in [-0.15, -0.1) is 0 Å². The lowest BCUT2D eigenvalue weighted by Crippen LogP contribution is -2.41. The van der Waals surface area contributed by atoms with Crippen molar-refractivity contribution >= 4 is 11.8 Å². The first-order valence-corrected chi connectivity index (χ1v) is 8.41. The van der Waals surface area contributed by atoms with Crippen LogP contribution in [0.25, 0.3) is 0 Å². The van der Waals surface area contributed by atoms with Gasteiger partial charge in [0.25, 0.3) is 11.8 Å². The maximum absolute atomic E-state index is 12.3. The van der Waals surface area contributed by atoms with Crippen molar-refractivity contribution in [2.24, 2.45) is 5.92 Å². The molecule has 132 valence electrons. The van der Waals surface area contributed by atoms with E-state index in [4.69, 9.17) is 9.15 Å². The van der Waals surface area contributed by atoms with Gasteiger partial charge in [-0.1, -0.05) is 0 Å². The summed E-state index contributed by atoms with van der Waals surface area (Å²) in [5, 5.41) is 2.98. The van der Waals surface area contributed by atoms with Gasteiger partial charge in [0.2, 0.25) is 0 Å². The molecule has 1 aliphatic rings. The predicted octanol–water partition coefficient (Wildman–Crippen LogP) is 2.57. The summed E-state index contributed by atoms with van der Waals surface area (Å²) in [4.78, 5) is 26.3. The highest BCUT2D eigenvalue weighted by Gasteiger charge is 2.24. The number of carbonyl (C=O) groups excluding carboxylic acids is 2. The van der Waals surface area contributed by atoms with E-state index in [0.29, 0.717) is 36.7 Å². The summed E-state index contributed by atoms with van der Waals surface area (Å²) in [6.07, 6.45) is 4.75. The number of ether oxygens (including phenoxy) is 1. The lowest BCUT2D eigenvalue weighted by Gasteiger charge is -2.31. The van der Waals surface area contributed by atoms with Gasteiger partial charge >= 0.3 is 0 Å². The number of piperidine rings is 1. The van der Waals surface area contributed by atoms with Crippen molar-refractivity contribution in [2.45, 2.75) is 12.8 Å². The van der Waals surface area contributed by atoms with E-state index in [-0.39, 0.29) is 11.8 Å². The van der Waals surface area contributed by atoms with Gasteiger partial charge in [0.15, 0.2) is 0 Å². The van der Waals surface area contributed by atoms with Crippen LogP contribution in [-0.4, -0.2) is 43.5 Å². The largest absolute Gasteiger partial charge is 0.497 e. The molecule has 6 heteroatoms. The summed E-state index contributed by atoms with van der Waals surface area (Å²) in [7, 11) is 1.60. The molecule has 3 rings (SSSR count). The van der Waals surface area contributed by atoms with E-state index >= 15 is 0 Å². The van der Waals surface area contributed by atoms with Gasteiger partial charge in [-0.3, -0.25) is 9.59 Å². The molecule has 0 atom stereocenters. The minimum atomic E-state index is -0.0837. The number of amides is 2. The molecule has 25 heavy (non-hydrogen) atoms. The van der Waals surface area contributed by atoms with E-state index in [0.717, 1.165) is 18.6 Å². The number of hydrogen-bond donors (Lipinski definition) is 1. The van der Waals surface area contributed by atoms with Crippen LogP contribution in [0.3, 0.4) is 0 Å².